The van der Waals surface area contributed by atoms with Gasteiger partial charge in [-0.1, -0.05) is 13.8 Å². The molecule has 6 heteroatoms. The highest BCUT2D eigenvalue weighted by Crippen LogP contribution is 2.13. The summed E-state index contributed by atoms with van der Waals surface area (Å²) in [5.41, 5.74) is 1.29. The third-order valence-corrected chi connectivity index (χ3v) is 3.42. The Morgan fingerprint density at radius 2 is 2.05 bits per heavy atom. The molecule has 0 aromatic carbocycles. The van der Waals surface area contributed by atoms with E-state index in [0.29, 0.717) is 24.7 Å². The van der Waals surface area contributed by atoms with E-state index in [-0.39, 0.29) is 5.69 Å². The smallest absolute Gasteiger partial charge is 0.327 e. The Labute approximate surface area is 118 Å². The van der Waals surface area contributed by atoms with Crippen LogP contribution in [0.1, 0.15) is 20.8 Å². The standard InChI is InChI=1S/C14H22N4O2/c1-4-17(5-2)9-10-18-13-11(15-14(18)19)7-8-12(16-13)20-6-3/h7-8H,4-6,9-10H2,1-3H3,(H,15,19). The van der Waals surface area contributed by atoms with Gasteiger partial charge in [0, 0.05) is 19.2 Å². The van der Waals surface area contributed by atoms with Crippen LogP contribution in [-0.4, -0.2) is 45.7 Å². The summed E-state index contributed by atoms with van der Waals surface area (Å²) in [5.74, 6) is 0.551. The fourth-order valence-corrected chi connectivity index (χ4v) is 2.23. The molecule has 2 aromatic heterocycles. The van der Waals surface area contributed by atoms with E-state index in [1.165, 1.54) is 0 Å². The van der Waals surface area contributed by atoms with Gasteiger partial charge in [0.15, 0.2) is 5.65 Å². The van der Waals surface area contributed by atoms with Crippen molar-refractivity contribution in [1.82, 2.24) is 19.4 Å². The Kier molecular flexibility index (Phi) is 4.79. The van der Waals surface area contributed by atoms with Crippen molar-refractivity contribution in [3.63, 3.8) is 0 Å². The number of aromatic amines is 1. The number of hydrogen-bond acceptors (Lipinski definition) is 4. The minimum Gasteiger partial charge on any atom is -0.478 e. The lowest BCUT2D eigenvalue weighted by molar-refractivity contribution is 0.290. The Balaban J connectivity index is 2.28. The van der Waals surface area contributed by atoms with Crippen LogP contribution in [0.4, 0.5) is 0 Å². The molecule has 0 fully saturated rings. The molecule has 0 bridgehead atoms. The number of hydrogen-bond donors (Lipinski definition) is 1. The zero-order chi connectivity index (χ0) is 14.5. The molecule has 20 heavy (non-hydrogen) atoms. The van der Waals surface area contributed by atoms with Gasteiger partial charge in [0.2, 0.25) is 5.88 Å². The van der Waals surface area contributed by atoms with Crippen molar-refractivity contribution >= 4 is 11.2 Å². The van der Waals surface area contributed by atoms with Crippen LogP contribution in [0.5, 0.6) is 5.88 Å². The van der Waals surface area contributed by atoms with E-state index in [1.54, 1.807) is 10.6 Å². The fourth-order valence-electron chi connectivity index (χ4n) is 2.23. The van der Waals surface area contributed by atoms with Crippen LogP contribution in [0.2, 0.25) is 0 Å². The monoisotopic (exact) mass is 278 g/mol. The number of nitrogens with one attached hydrogen (secondary N) is 1. The van der Waals surface area contributed by atoms with Crippen molar-refractivity contribution in [3.8, 4) is 5.88 Å². The predicted molar refractivity (Wildman–Crippen MR) is 79.3 cm³/mol. The van der Waals surface area contributed by atoms with Crippen molar-refractivity contribution in [3.05, 3.63) is 22.6 Å². The number of fused-ring (bicyclic) bond motifs is 1. The molecule has 6 nitrogen and oxygen atoms in total. The highest BCUT2D eigenvalue weighted by atomic mass is 16.5. The van der Waals surface area contributed by atoms with Crippen LogP contribution in [0.15, 0.2) is 16.9 Å². The first kappa shape index (κ1) is 14.6. The molecule has 0 unspecified atom stereocenters. The topological polar surface area (TPSA) is 63.2 Å². The number of nitrogens with zero attached hydrogens (tertiary/aromatic N) is 3. The van der Waals surface area contributed by atoms with Crippen molar-refractivity contribution in [1.29, 1.82) is 0 Å². The normalized spacial score (nSPS) is 11.4. The lowest BCUT2D eigenvalue weighted by Crippen LogP contribution is -2.30. The van der Waals surface area contributed by atoms with Crippen LogP contribution in [0.3, 0.4) is 0 Å². The molecule has 2 heterocycles. The molecule has 0 aliphatic rings. The SMILES string of the molecule is CCOc1ccc2[nH]c(=O)n(CCN(CC)CC)c2n1. The number of likely N-dealkylation sites (N-methyl/N-ethyl adjacent to an activating group) is 1. The minimum atomic E-state index is -0.117. The number of pyridine rings is 1. The number of aromatic nitrogens is 3. The Morgan fingerprint density at radius 1 is 1.30 bits per heavy atom. The van der Waals surface area contributed by atoms with Gasteiger partial charge in [-0.25, -0.2) is 4.79 Å². The molecule has 0 aliphatic heterocycles. The maximum atomic E-state index is 12.0. The molecule has 0 saturated carbocycles. The van der Waals surface area contributed by atoms with E-state index in [0.717, 1.165) is 25.2 Å². The van der Waals surface area contributed by atoms with Gasteiger partial charge in [0.1, 0.15) is 0 Å². The summed E-state index contributed by atoms with van der Waals surface area (Å²) in [7, 11) is 0. The van der Waals surface area contributed by atoms with Gasteiger partial charge in [-0.2, -0.15) is 4.98 Å². The van der Waals surface area contributed by atoms with Crippen LogP contribution >= 0.6 is 0 Å². The summed E-state index contributed by atoms with van der Waals surface area (Å²) in [6.45, 7) is 10.1. The lowest BCUT2D eigenvalue weighted by atomic mass is 10.4. The van der Waals surface area contributed by atoms with Gasteiger partial charge in [-0.15, -0.1) is 0 Å². The summed E-state index contributed by atoms with van der Waals surface area (Å²) in [4.78, 5) is 21.5. The third kappa shape index (κ3) is 3.01. The summed E-state index contributed by atoms with van der Waals surface area (Å²) in [5, 5.41) is 0. The number of ether oxygens (including phenoxy) is 1. The van der Waals surface area contributed by atoms with E-state index in [4.69, 9.17) is 4.74 Å². The molecule has 0 atom stereocenters. The molecule has 110 valence electrons. The lowest BCUT2D eigenvalue weighted by Gasteiger charge is -2.17. The van der Waals surface area contributed by atoms with Crippen LogP contribution in [-0.2, 0) is 6.54 Å². The van der Waals surface area contributed by atoms with Crippen molar-refractivity contribution in [2.45, 2.75) is 27.3 Å². The zero-order valence-electron chi connectivity index (χ0n) is 12.3. The second-order valence-corrected chi connectivity index (χ2v) is 4.56. The van der Waals surface area contributed by atoms with E-state index in [9.17, 15) is 4.79 Å². The Morgan fingerprint density at radius 3 is 2.70 bits per heavy atom. The second-order valence-electron chi connectivity index (χ2n) is 4.56. The van der Waals surface area contributed by atoms with Gasteiger partial charge in [0.25, 0.3) is 0 Å². The summed E-state index contributed by atoms with van der Waals surface area (Å²) < 4.78 is 7.07. The molecule has 2 aromatic rings. The van der Waals surface area contributed by atoms with E-state index in [1.807, 2.05) is 13.0 Å². The largest absolute Gasteiger partial charge is 0.478 e. The summed E-state index contributed by atoms with van der Waals surface area (Å²) in [6, 6.07) is 3.61. The van der Waals surface area contributed by atoms with Crippen LogP contribution in [0, 0.1) is 0 Å². The first-order valence-electron chi connectivity index (χ1n) is 7.14. The zero-order valence-corrected chi connectivity index (χ0v) is 12.3. The van der Waals surface area contributed by atoms with E-state index >= 15 is 0 Å². The van der Waals surface area contributed by atoms with Gasteiger partial charge in [-0.3, -0.25) is 4.57 Å². The molecule has 0 radical (unpaired) electrons. The fraction of sp³-hybridized carbons (Fsp3) is 0.571. The summed E-state index contributed by atoms with van der Waals surface area (Å²) in [6.07, 6.45) is 0. The minimum absolute atomic E-state index is 0.117. The molecule has 1 N–H and O–H groups in total. The third-order valence-electron chi connectivity index (χ3n) is 3.42. The number of H-pyrrole nitrogens is 1. The highest BCUT2D eigenvalue weighted by Gasteiger charge is 2.10. The predicted octanol–water partition coefficient (Wildman–Crippen LogP) is 1.47. The molecule has 2 rings (SSSR count). The molecule has 0 aliphatic carbocycles. The van der Waals surface area contributed by atoms with Crippen molar-refractivity contribution in [2.24, 2.45) is 0 Å². The van der Waals surface area contributed by atoms with Gasteiger partial charge < -0.3 is 14.6 Å². The first-order valence-corrected chi connectivity index (χ1v) is 7.14. The maximum Gasteiger partial charge on any atom is 0.327 e. The van der Waals surface area contributed by atoms with Crippen LogP contribution in [0.25, 0.3) is 11.2 Å². The highest BCUT2D eigenvalue weighted by molar-refractivity contribution is 5.71. The Bertz CT molecular complexity index is 613. The molecular weight excluding hydrogens is 256 g/mol. The molecular formula is C14H22N4O2. The average molecular weight is 278 g/mol. The van der Waals surface area contributed by atoms with E-state index in [2.05, 4.69) is 28.7 Å². The second kappa shape index (κ2) is 6.56. The average Bonchev–Trinajstić information content (AvgIpc) is 2.76. The molecule has 0 saturated heterocycles. The number of imidazole rings is 1. The van der Waals surface area contributed by atoms with Gasteiger partial charge >= 0.3 is 5.69 Å². The number of rotatable bonds is 7. The molecule has 0 spiro atoms. The van der Waals surface area contributed by atoms with Crippen LogP contribution < -0.4 is 10.4 Å². The Hall–Kier alpha value is -1.82. The van der Waals surface area contributed by atoms with Gasteiger partial charge in [-0.05, 0) is 26.1 Å². The van der Waals surface area contributed by atoms with E-state index < -0.39 is 0 Å². The molecule has 0 amide bonds. The maximum absolute atomic E-state index is 12.0. The first-order chi connectivity index (χ1) is 9.69. The summed E-state index contributed by atoms with van der Waals surface area (Å²) >= 11 is 0. The van der Waals surface area contributed by atoms with Crippen molar-refractivity contribution in [2.75, 3.05) is 26.2 Å². The van der Waals surface area contributed by atoms with Gasteiger partial charge in [0.05, 0.1) is 12.1 Å². The quantitative estimate of drug-likeness (QED) is 0.833. The van der Waals surface area contributed by atoms with Crippen molar-refractivity contribution < 1.29 is 4.74 Å².